The first-order chi connectivity index (χ1) is 8.90. The van der Waals surface area contributed by atoms with Crippen LogP contribution >= 0.6 is 11.3 Å². The number of rotatable bonds is 6. The van der Waals surface area contributed by atoms with Crippen LogP contribution in [0, 0.1) is 0 Å². The molecule has 1 heterocycles. The molecule has 1 N–H and O–H groups in total. The molecule has 0 spiro atoms. The van der Waals surface area contributed by atoms with Crippen LogP contribution in [0.5, 0.6) is 0 Å². The topological polar surface area (TPSA) is 28.2 Å². The number of alkyl halides is 3. The van der Waals surface area contributed by atoms with Crippen molar-refractivity contribution >= 4 is 16.5 Å². The Morgan fingerprint density at radius 2 is 2.11 bits per heavy atom. The van der Waals surface area contributed by atoms with Gasteiger partial charge >= 0.3 is 6.18 Å². The van der Waals surface area contributed by atoms with E-state index >= 15 is 0 Å². The predicted molar refractivity (Wildman–Crippen MR) is 70.8 cm³/mol. The normalized spacial score (nSPS) is 15.8. The number of nitrogens with zero attached hydrogens (tertiary/aromatic N) is 2. The molecule has 108 valence electrons. The quantitative estimate of drug-likeness (QED) is 0.873. The Kier molecular flexibility index (Phi) is 4.35. The van der Waals surface area contributed by atoms with Crippen molar-refractivity contribution in [2.45, 2.75) is 38.4 Å². The minimum atomic E-state index is -4.19. The Labute approximate surface area is 114 Å². The van der Waals surface area contributed by atoms with Crippen molar-refractivity contribution in [2.75, 3.05) is 25.0 Å². The van der Waals surface area contributed by atoms with Gasteiger partial charge in [-0.15, -0.1) is 11.3 Å². The summed E-state index contributed by atoms with van der Waals surface area (Å²) in [4.78, 5) is 6.68. The lowest BCUT2D eigenvalue weighted by atomic mass is 10.2. The molecule has 0 aromatic carbocycles. The fraction of sp³-hybridized carbons (Fsp3) is 0.750. The molecule has 1 fully saturated rings. The summed E-state index contributed by atoms with van der Waals surface area (Å²) in [6, 6.07) is 0. The number of halogens is 3. The maximum Gasteiger partial charge on any atom is 0.405 e. The largest absolute Gasteiger partial charge is 0.405 e. The second-order valence-electron chi connectivity index (χ2n) is 4.83. The molecular formula is C12H18F3N3S. The van der Waals surface area contributed by atoms with Gasteiger partial charge in [-0.3, -0.25) is 0 Å². The molecule has 1 aliphatic rings. The van der Waals surface area contributed by atoms with Gasteiger partial charge in [-0.2, -0.15) is 13.2 Å². The molecule has 3 nitrogen and oxygen atoms in total. The van der Waals surface area contributed by atoms with Gasteiger partial charge in [-0.25, -0.2) is 4.98 Å². The molecule has 1 aromatic rings. The smallest absolute Gasteiger partial charge is 0.342 e. The number of hydrogen-bond donors (Lipinski definition) is 1. The fourth-order valence-corrected chi connectivity index (χ4v) is 2.97. The molecule has 0 bridgehead atoms. The summed E-state index contributed by atoms with van der Waals surface area (Å²) in [5.41, 5.74) is 0.995. The van der Waals surface area contributed by atoms with Crippen LogP contribution in [0.25, 0.3) is 0 Å². The molecule has 2 rings (SSSR count). The molecule has 7 heteroatoms. The minimum Gasteiger partial charge on any atom is -0.342 e. The molecule has 1 aliphatic carbocycles. The van der Waals surface area contributed by atoms with Crippen molar-refractivity contribution in [1.29, 1.82) is 0 Å². The van der Waals surface area contributed by atoms with Gasteiger partial charge in [0.1, 0.15) is 6.54 Å². The zero-order valence-electron chi connectivity index (χ0n) is 11.0. The monoisotopic (exact) mass is 293 g/mol. The lowest BCUT2D eigenvalue weighted by molar-refractivity contribution is -0.119. The first-order valence-corrected chi connectivity index (χ1v) is 7.20. The van der Waals surface area contributed by atoms with Crippen LogP contribution in [0.3, 0.4) is 0 Å². The van der Waals surface area contributed by atoms with Crippen LogP contribution in [-0.2, 0) is 6.54 Å². The highest BCUT2D eigenvalue weighted by atomic mass is 32.1. The summed E-state index contributed by atoms with van der Waals surface area (Å²) in [6.45, 7) is 2.59. The number of aromatic nitrogens is 1. The predicted octanol–water partition coefficient (Wildman–Crippen LogP) is 3.13. The van der Waals surface area contributed by atoms with Gasteiger partial charge in [0.05, 0.1) is 5.69 Å². The molecule has 0 amide bonds. The van der Waals surface area contributed by atoms with E-state index in [1.54, 1.807) is 0 Å². The van der Waals surface area contributed by atoms with Crippen LogP contribution in [0.2, 0.25) is 0 Å². The SMILES string of the molecule is CCNCc1sc(N(C)CC(F)(F)F)nc1C1CC1. The van der Waals surface area contributed by atoms with E-state index in [1.165, 1.54) is 23.3 Å². The van der Waals surface area contributed by atoms with Crippen molar-refractivity contribution in [1.82, 2.24) is 10.3 Å². The van der Waals surface area contributed by atoms with Crippen LogP contribution < -0.4 is 10.2 Å². The van der Waals surface area contributed by atoms with Gasteiger partial charge in [-0.1, -0.05) is 6.92 Å². The van der Waals surface area contributed by atoms with E-state index in [2.05, 4.69) is 10.3 Å². The summed E-state index contributed by atoms with van der Waals surface area (Å²) in [7, 11) is 1.44. The Bertz CT molecular complexity index is 426. The third-order valence-corrected chi connectivity index (χ3v) is 4.14. The molecule has 1 saturated carbocycles. The lowest BCUT2D eigenvalue weighted by Crippen LogP contribution is -2.30. The first kappa shape index (κ1) is 14.6. The Hall–Kier alpha value is -0.820. The highest BCUT2D eigenvalue weighted by molar-refractivity contribution is 7.15. The van der Waals surface area contributed by atoms with E-state index in [0.29, 0.717) is 17.6 Å². The highest BCUT2D eigenvalue weighted by Crippen LogP contribution is 2.44. The molecule has 0 saturated heterocycles. The Balaban J connectivity index is 2.12. The van der Waals surface area contributed by atoms with Crippen molar-refractivity contribution < 1.29 is 13.2 Å². The third-order valence-electron chi connectivity index (χ3n) is 2.96. The van der Waals surface area contributed by atoms with E-state index in [9.17, 15) is 13.2 Å². The minimum absolute atomic E-state index is 0.456. The van der Waals surface area contributed by atoms with Crippen LogP contribution in [0.15, 0.2) is 0 Å². The van der Waals surface area contributed by atoms with Crippen LogP contribution in [0.1, 0.15) is 36.3 Å². The number of nitrogens with one attached hydrogen (secondary N) is 1. The summed E-state index contributed by atoms with van der Waals surface area (Å²) in [6.07, 6.45) is -1.99. The first-order valence-electron chi connectivity index (χ1n) is 6.39. The summed E-state index contributed by atoms with van der Waals surface area (Å²) in [5.74, 6) is 0.456. The van der Waals surface area contributed by atoms with E-state index in [1.807, 2.05) is 6.92 Å². The molecule has 1 aromatic heterocycles. The molecule has 0 unspecified atom stereocenters. The zero-order valence-corrected chi connectivity index (χ0v) is 11.9. The lowest BCUT2D eigenvalue weighted by Gasteiger charge is -2.17. The second-order valence-corrected chi connectivity index (χ2v) is 5.89. The van der Waals surface area contributed by atoms with E-state index in [-0.39, 0.29) is 0 Å². The van der Waals surface area contributed by atoms with Crippen molar-refractivity contribution in [3.63, 3.8) is 0 Å². The average Bonchev–Trinajstić information content (AvgIpc) is 3.04. The summed E-state index contributed by atoms with van der Waals surface area (Å²) >= 11 is 1.37. The van der Waals surface area contributed by atoms with E-state index in [4.69, 9.17) is 0 Å². The maximum atomic E-state index is 12.4. The average molecular weight is 293 g/mol. The highest BCUT2D eigenvalue weighted by Gasteiger charge is 2.33. The molecule has 0 atom stereocenters. The van der Waals surface area contributed by atoms with Crippen molar-refractivity contribution in [2.24, 2.45) is 0 Å². The van der Waals surface area contributed by atoms with E-state index in [0.717, 1.165) is 30.0 Å². The van der Waals surface area contributed by atoms with Gasteiger partial charge in [0, 0.05) is 24.4 Å². The Morgan fingerprint density at radius 3 is 2.63 bits per heavy atom. The fourth-order valence-electron chi connectivity index (χ4n) is 1.89. The number of thiazole rings is 1. The van der Waals surface area contributed by atoms with Crippen molar-refractivity contribution in [3.05, 3.63) is 10.6 Å². The molecule has 19 heavy (non-hydrogen) atoms. The van der Waals surface area contributed by atoms with Crippen LogP contribution in [-0.4, -0.2) is 31.3 Å². The maximum absolute atomic E-state index is 12.4. The number of hydrogen-bond acceptors (Lipinski definition) is 4. The Morgan fingerprint density at radius 1 is 1.42 bits per heavy atom. The molecule has 0 aliphatic heterocycles. The summed E-state index contributed by atoms with van der Waals surface area (Å²) < 4.78 is 37.2. The third kappa shape index (κ3) is 4.07. The standard InChI is InChI=1S/C12H18F3N3S/c1-3-16-6-9-10(8-4-5-8)17-11(19-9)18(2)7-12(13,14)15/h8,16H,3-7H2,1-2H3. The van der Waals surface area contributed by atoms with Crippen LogP contribution in [0.4, 0.5) is 18.3 Å². The molecule has 0 radical (unpaired) electrons. The van der Waals surface area contributed by atoms with Gasteiger partial charge in [-0.05, 0) is 19.4 Å². The van der Waals surface area contributed by atoms with E-state index < -0.39 is 12.7 Å². The molecular weight excluding hydrogens is 275 g/mol. The second kappa shape index (κ2) is 5.66. The van der Waals surface area contributed by atoms with Crippen molar-refractivity contribution in [3.8, 4) is 0 Å². The number of anilines is 1. The summed E-state index contributed by atoms with van der Waals surface area (Å²) in [5, 5.41) is 3.68. The van der Waals surface area contributed by atoms with Gasteiger partial charge in [0.15, 0.2) is 5.13 Å². The zero-order chi connectivity index (χ0) is 14.0. The van der Waals surface area contributed by atoms with Gasteiger partial charge in [0.25, 0.3) is 0 Å². The van der Waals surface area contributed by atoms with Gasteiger partial charge in [0.2, 0.25) is 0 Å². The van der Waals surface area contributed by atoms with Gasteiger partial charge < -0.3 is 10.2 Å².